The molecule has 3 rings (SSSR count). The zero-order valence-electron chi connectivity index (χ0n) is 11.3. The van der Waals surface area contributed by atoms with Crippen molar-refractivity contribution in [3.05, 3.63) is 17.0 Å². The third kappa shape index (κ3) is 2.58. The Morgan fingerprint density at radius 2 is 1.74 bits per heavy atom. The predicted molar refractivity (Wildman–Crippen MR) is 72.3 cm³/mol. The van der Waals surface area contributed by atoms with Crippen LogP contribution in [0.3, 0.4) is 0 Å². The maximum atomic E-state index is 9.76. The summed E-state index contributed by atoms with van der Waals surface area (Å²) in [4.78, 5) is 11.1. The summed E-state index contributed by atoms with van der Waals surface area (Å²) in [6.07, 6.45) is 3.95. The van der Waals surface area contributed by atoms with Crippen LogP contribution in [0.2, 0.25) is 0 Å². The van der Waals surface area contributed by atoms with Gasteiger partial charge in [-0.05, 0) is 38.2 Å². The summed E-state index contributed by atoms with van der Waals surface area (Å²) in [5, 5.41) is 19.5. The van der Waals surface area contributed by atoms with E-state index in [-0.39, 0.29) is 0 Å². The normalized spacial score (nSPS) is 27.2. The Balaban J connectivity index is 1.90. The van der Waals surface area contributed by atoms with Crippen LogP contribution in [0.5, 0.6) is 0 Å². The summed E-state index contributed by atoms with van der Waals surface area (Å²) < 4.78 is 0. The predicted octanol–water partition coefficient (Wildman–Crippen LogP) is 0.596. The number of aliphatic hydroxyl groups excluding tert-OH is 2. The first kappa shape index (κ1) is 12.8. The Hall–Kier alpha value is -1.20. The van der Waals surface area contributed by atoms with E-state index in [1.165, 1.54) is 18.4 Å². The quantitative estimate of drug-likeness (QED) is 0.776. The Morgan fingerprint density at radius 1 is 1.05 bits per heavy atom. The molecular weight excluding hydrogens is 242 g/mol. The van der Waals surface area contributed by atoms with Gasteiger partial charge in [0.25, 0.3) is 0 Å². The average molecular weight is 263 g/mol. The van der Waals surface area contributed by atoms with Crippen LogP contribution in [0.1, 0.15) is 36.2 Å². The van der Waals surface area contributed by atoms with Crippen molar-refractivity contribution in [2.75, 3.05) is 18.0 Å². The van der Waals surface area contributed by atoms with Crippen LogP contribution in [0.4, 0.5) is 5.95 Å². The summed E-state index contributed by atoms with van der Waals surface area (Å²) in [6, 6.07) is 0. The van der Waals surface area contributed by atoms with Gasteiger partial charge in [-0.25, -0.2) is 9.97 Å². The van der Waals surface area contributed by atoms with Crippen molar-refractivity contribution in [3.8, 4) is 0 Å². The lowest BCUT2D eigenvalue weighted by atomic mass is 9.95. The SMILES string of the molecule is Cc1nc(N2C[C@H](O)C[C@@H](O)C2)nc2c1CCCC2. The molecule has 0 amide bonds. The number of piperidine rings is 1. The summed E-state index contributed by atoms with van der Waals surface area (Å²) in [6.45, 7) is 3.05. The lowest BCUT2D eigenvalue weighted by molar-refractivity contribution is 0.0645. The van der Waals surface area contributed by atoms with Crippen molar-refractivity contribution in [2.24, 2.45) is 0 Å². The van der Waals surface area contributed by atoms with E-state index >= 15 is 0 Å². The number of aryl methyl sites for hydroxylation is 2. The van der Waals surface area contributed by atoms with E-state index in [0.29, 0.717) is 25.5 Å². The van der Waals surface area contributed by atoms with E-state index in [1.54, 1.807) is 0 Å². The third-order valence-corrected chi connectivity index (χ3v) is 4.07. The number of aromatic nitrogens is 2. The van der Waals surface area contributed by atoms with Crippen LogP contribution in [0.15, 0.2) is 0 Å². The van der Waals surface area contributed by atoms with Gasteiger partial charge in [0.15, 0.2) is 0 Å². The Morgan fingerprint density at radius 3 is 2.47 bits per heavy atom. The number of rotatable bonds is 1. The van der Waals surface area contributed by atoms with E-state index in [1.807, 2.05) is 11.8 Å². The van der Waals surface area contributed by atoms with Gasteiger partial charge < -0.3 is 15.1 Å². The van der Waals surface area contributed by atoms with Gasteiger partial charge in [-0.2, -0.15) is 0 Å². The molecule has 1 aromatic heterocycles. The Kier molecular flexibility index (Phi) is 3.41. The van der Waals surface area contributed by atoms with Gasteiger partial charge >= 0.3 is 0 Å². The van der Waals surface area contributed by atoms with Gasteiger partial charge in [-0.15, -0.1) is 0 Å². The number of β-amino-alcohol motifs (C(OH)–C–C–N with tert-alkyl or cyclic N) is 2. The maximum absolute atomic E-state index is 9.76. The molecule has 0 spiro atoms. The molecule has 2 heterocycles. The number of hydrogen-bond acceptors (Lipinski definition) is 5. The van der Waals surface area contributed by atoms with E-state index in [2.05, 4.69) is 9.97 Å². The number of fused-ring (bicyclic) bond motifs is 1. The zero-order valence-corrected chi connectivity index (χ0v) is 11.3. The van der Waals surface area contributed by atoms with Crippen molar-refractivity contribution < 1.29 is 10.2 Å². The highest BCUT2D eigenvalue weighted by Crippen LogP contribution is 2.25. The summed E-state index contributed by atoms with van der Waals surface area (Å²) in [5.74, 6) is 0.663. The number of anilines is 1. The van der Waals surface area contributed by atoms with Crippen molar-refractivity contribution >= 4 is 5.95 Å². The summed E-state index contributed by atoms with van der Waals surface area (Å²) in [5.41, 5.74) is 3.51. The van der Waals surface area contributed by atoms with Crippen LogP contribution >= 0.6 is 0 Å². The second-order valence-corrected chi connectivity index (χ2v) is 5.69. The second-order valence-electron chi connectivity index (χ2n) is 5.69. The monoisotopic (exact) mass is 263 g/mol. The van der Waals surface area contributed by atoms with Gasteiger partial charge in [-0.1, -0.05) is 0 Å². The molecule has 1 aromatic rings. The molecule has 2 aliphatic rings. The van der Waals surface area contributed by atoms with Crippen LogP contribution in [-0.4, -0.2) is 45.5 Å². The number of hydrogen-bond donors (Lipinski definition) is 2. The van der Waals surface area contributed by atoms with Crippen LogP contribution in [0.25, 0.3) is 0 Å². The molecule has 104 valence electrons. The molecule has 2 N–H and O–H groups in total. The Labute approximate surface area is 113 Å². The highest BCUT2D eigenvalue weighted by Gasteiger charge is 2.27. The third-order valence-electron chi connectivity index (χ3n) is 4.07. The maximum Gasteiger partial charge on any atom is 0.225 e. The standard InChI is InChI=1S/C14H21N3O2/c1-9-12-4-2-3-5-13(12)16-14(15-9)17-7-10(18)6-11(19)8-17/h10-11,18-19H,2-8H2,1H3/t10-,11-/m1/s1. The molecule has 2 atom stereocenters. The molecule has 0 bridgehead atoms. The van der Waals surface area contributed by atoms with Gasteiger partial charge in [0.2, 0.25) is 5.95 Å². The molecule has 0 unspecified atom stereocenters. The minimum Gasteiger partial charge on any atom is -0.391 e. The van der Waals surface area contributed by atoms with Crippen LogP contribution < -0.4 is 4.90 Å². The molecule has 5 heteroatoms. The van der Waals surface area contributed by atoms with Gasteiger partial charge in [0.1, 0.15) is 0 Å². The molecule has 1 aliphatic heterocycles. The second kappa shape index (κ2) is 5.06. The molecule has 5 nitrogen and oxygen atoms in total. The smallest absolute Gasteiger partial charge is 0.225 e. The van der Waals surface area contributed by atoms with Crippen LogP contribution in [-0.2, 0) is 12.8 Å². The first-order valence-corrected chi connectivity index (χ1v) is 7.11. The largest absolute Gasteiger partial charge is 0.391 e. The minimum absolute atomic E-state index is 0.445. The van der Waals surface area contributed by atoms with Crippen molar-refractivity contribution in [1.82, 2.24) is 9.97 Å². The van der Waals surface area contributed by atoms with Gasteiger partial charge in [0.05, 0.1) is 12.2 Å². The van der Waals surface area contributed by atoms with E-state index < -0.39 is 12.2 Å². The average Bonchev–Trinajstić information content (AvgIpc) is 2.37. The molecule has 0 radical (unpaired) electrons. The number of aliphatic hydroxyl groups is 2. The van der Waals surface area contributed by atoms with Crippen molar-refractivity contribution in [1.29, 1.82) is 0 Å². The molecule has 19 heavy (non-hydrogen) atoms. The van der Waals surface area contributed by atoms with Gasteiger partial charge in [-0.3, -0.25) is 0 Å². The lowest BCUT2D eigenvalue weighted by Gasteiger charge is -2.34. The fraction of sp³-hybridized carbons (Fsp3) is 0.714. The molecule has 1 fully saturated rings. The first-order chi connectivity index (χ1) is 9.13. The number of nitrogens with zero attached hydrogens (tertiary/aromatic N) is 3. The van der Waals surface area contributed by atoms with Crippen LogP contribution in [0, 0.1) is 6.92 Å². The summed E-state index contributed by atoms with van der Waals surface area (Å²) >= 11 is 0. The molecular formula is C14H21N3O2. The lowest BCUT2D eigenvalue weighted by Crippen LogP contribution is -2.46. The van der Waals surface area contributed by atoms with E-state index in [0.717, 1.165) is 24.2 Å². The highest BCUT2D eigenvalue weighted by atomic mass is 16.3. The summed E-state index contributed by atoms with van der Waals surface area (Å²) in [7, 11) is 0. The highest BCUT2D eigenvalue weighted by molar-refractivity contribution is 5.38. The molecule has 1 saturated heterocycles. The van der Waals surface area contributed by atoms with Crippen molar-refractivity contribution in [2.45, 2.75) is 51.2 Å². The first-order valence-electron chi connectivity index (χ1n) is 7.11. The fourth-order valence-electron chi connectivity index (χ4n) is 3.12. The molecule has 0 saturated carbocycles. The van der Waals surface area contributed by atoms with E-state index in [9.17, 15) is 10.2 Å². The topological polar surface area (TPSA) is 69.5 Å². The van der Waals surface area contributed by atoms with E-state index in [4.69, 9.17) is 0 Å². The molecule has 0 aromatic carbocycles. The minimum atomic E-state index is -0.497. The fourth-order valence-corrected chi connectivity index (χ4v) is 3.12. The Bertz CT molecular complexity index is 468. The molecule has 1 aliphatic carbocycles. The zero-order chi connectivity index (χ0) is 13.4. The van der Waals surface area contributed by atoms with Gasteiger partial charge in [0, 0.05) is 30.9 Å². The van der Waals surface area contributed by atoms with Crippen molar-refractivity contribution in [3.63, 3.8) is 0 Å².